The summed E-state index contributed by atoms with van der Waals surface area (Å²) in [5.74, 6) is 1.35. The van der Waals surface area contributed by atoms with Gasteiger partial charge in [0.15, 0.2) is 0 Å². The third-order valence-electron chi connectivity index (χ3n) is 6.66. The Morgan fingerprint density at radius 3 is 2.28 bits per heavy atom. The molecular weight excluding hydrogens is 384 g/mol. The molecule has 2 fully saturated rings. The summed E-state index contributed by atoms with van der Waals surface area (Å²) in [5.41, 5.74) is 0.809. The standard InChI is InChI=1S/C23H36N2O3S/c1-18(2)22-10-9-19(3)11-16-25(22)23(26)21-12-14-24(15-13-21)29(27,28)17-20-7-5-4-6-8-20/h4-8,18-19,21-22H,9-17H2,1-3H3. The summed E-state index contributed by atoms with van der Waals surface area (Å²) in [6.45, 7) is 8.43. The first kappa shape index (κ1) is 22.3. The van der Waals surface area contributed by atoms with Crippen LogP contribution in [0.1, 0.15) is 58.4 Å². The van der Waals surface area contributed by atoms with Crippen molar-refractivity contribution < 1.29 is 13.2 Å². The summed E-state index contributed by atoms with van der Waals surface area (Å²) in [7, 11) is -3.34. The maximum atomic E-state index is 13.3. The minimum atomic E-state index is -3.34. The van der Waals surface area contributed by atoms with E-state index in [2.05, 4.69) is 25.7 Å². The Morgan fingerprint density at radius 2 is 1.66 bits per heavy atom. The number of piperidine rings is 1. The van der Waals surface area contributed by atoms with Crippen molar-refractivity contribution in [3.63, 3.8) is 0 Å². The van der Waals surface area contributed by atoms with E-state index >= 15 is 0 Å². The van der Waals surface area contributed by atoms with Crippen LogP contribution in [0.2, 0.25) is 0 Å². The lowest BCUT2D eigenvalue weighted by molar-refractivity contribution is -0.140. The van der Waals surface area contributed by atoms with Crippen LogP contribution in [0, 0.1) is 17.8 Å². The zero-order chi connectivity index (χ0) is 21.0. The van der Waals surface area contributed by atoms with E-state index in [4.69, 9.17) is 0 Å². The van der Waals surface area contributed by atoms with Gasteiger partial charge in [0.2, 0.25) is 15.9 Å². The number of sulfonamides is 1. The van der Waals surface area contributed by atoms with Crippen LogP contribution in [-0.4, -0.2) is 49.2 Å². The van der Waals surface area contributed by atoms with Gasteiger partial charge in [-0.1, -0.05) is 51.1 Å². The molecule has 0 N–H and O–H groups in total. The summed E-state index contributed by atoms with van der Waals surface area (Å²) in [6, 6.07) is 9.63. The van der Waals surface area contributed by atoms with Gasteiger partial charge in [-0.3, -0.25) is 4.79 Å². The Morgan fingerprint density at radius 1 is 1.00 bits per heavy atom. The van der Waals surface area contributed by atoms with Gasteiger partial charge in [-0.15, -0.1) is 0 Å². The molecule has 0 radical (unpaired) electrons. The normalized spacial score (nSPS) is 25.2. The third kappa shape index (κ3) is 5.60. The summed E-state index contributed by atoms with van der Waals surface area (Å²) in [4.78, 5) is 15.5. The van der Waals surface area contributed by atoms with Gasteiger partial charge in [-0.25, -0.2) is 12.7 Å². The van der Waals surface area contributed by atoms with Gasteiger partial charge in [0, 0.05) is 31.6 Å². The second-order valence-electron chi connectivity index (χ2n) is 9.23. The number of nitrogens with zero attached hydrogens (tertiary/aromatic N) is 2. The number of carbonyl (C=O) groups excluding carboxylic acids is 1. The first-order valence-corrected chi connectivity index (χ1v) is 12.7. The number of carbonyl (C=O) groups is 1. The molecule has 6 heteroatoms. The molecule has 1 amide bonds. The fourth-order valence-electron chi connectivity index (χ4n) is 4.74. The highest BCUT2D eigenvalue weighted by molar-refractivity contribution is 7.88. The van der Waals surface area contributed by atoms with E-state index in [1.807, 2.05) is 30.3 Å². The molecular formula is C23H36N2O3S. The highest BCUT2D eigenvalue weighted by Gasteiger charge is 2.36. The Hall–Kier alpha value is -1.40. The molecule has 29 heavy (non-hydrogen) atoms. The molecule has 162 valence electrons. The van der Waals surface area contributed by atoms with Crippen LogP contribution in [0.4, 0.5) is 0 Å². The van der Waals surface area contributed by atoms with Gasteiger partial charge in [0.25, 0.3) is 0 Å². The summed E-state index contributed by atoms with van der Waals surface area (Å²) in [6.07, 6.45) is 4.59. The summed E-state index contributed by atoms with van der Waals surface area (Å²) < 4.78 is 27.2. The Labute approximate surface area is 176 Å². The van der Waals surface area contributed by atoms with Crippen LogP contribution in [0.25, 0.3) is 0 Å². The average Bonchev–Trinajstić information content (AvgIpc) is 2.90. The molecule has 2 aliphatic heterocycles. The van der Waals surface area contributed by atoms with E-state index < -0.39 is 10.0 Å². The Kier molecular flexibility index (Phi) is 7.38. The molecule has 2 aliphatic rings. The number of rotatable bonds is 5. The van der Waals surface area contributed by atoms with Crippen LogP contribution >= 0.6 is 0 Å². The summed E-state index contributed by atoms with van der Waals surface area (Å²) >= 11 is 0. The second kappa shape index (κ2) is 9.61. The van der Waals surface area contributed by atoms with Crippen molar-refractivity contribution in [2.75, 3.05) is 19.6 Å². The first-order chi connectivity index (χ1) is 13.8. The van der Waals surface area contributed by atoms with Crippen LogP contribution in [-0.2, 0) is 20.6 Å². The van der Waals surface area contributed by atoms with Gasteiger partial charge in [-0.2, -0.15) is 0 Å². The maximum absolute atomic E-state index is 13.3. The lowest BCUT2D eigenvalue weighted by Gasteiger charge is -2.38. The first-order valence-electron chi connectivity index (χ1n) is 11.1. The Balaban J connectivity index is 1.61. The van der Waals surface area contributed by atoms with E-state index in [9.17, 15) is 13.2 Å². The summed E-state index contributed by atoms with van der Waals surface area (Å²) in [5, 5.41) is 0. The van der Waals surface area contributed by atoms with E-state index in [1.54, 1.807) is 4.31 Å². The molecule has 2 saturated heterocycles. The van der Waals surface area contributed by atoms with E-state index in [0.717, 1.165) is 24.9 Å². The van der Waals surface area contributed by atoms with Crippen molar-refractivity contribution in [3.8, 4) is 0 Å². The highest BCUT2D eigenvalue weighted by Crippen LogP contribution is 2.30. The lowest BCUT2D eigenvalue weighted by Crippen LogP contribution is -2.49. The third-order valence-corrected chi connectivity index (χ3v) is 8.51. The minimum Gasteiger partial charge on any atom is -0.339 e. The molecule has 1 aromatic carbocycles. The topological polar surface area (TPSA) is 57.7 Å². The van der Waals surface area contributed by atoms with Crippen LogP contribution in [0.15, 0.2) is 30.3 Å². The SMILES string of the molecule is CC1CCC(C(C)C)N(C(=O)C2CCN(S(=O)(=O)Cc3ccccc3)CC2)CC1. The number of benzene rings is 1. The van der Waals surface area contributed by atoms with E-state index in [1.165, 1.54) is 6.42 Å². The fraction of sp³-hybridized carbons (Fsp3) is 0.696. The van der Waals surface area contributed by atoms with Crippen molar-refractivity contribution in [1.82, 2.24) is 9.21 Å². The van der Waals surface area contributed by atoms with Crippen molar-refractivity contribution in [3.05, 3.63) is 35.9 Å². The molecule has 0 bridgehead atoms. The monoisotopic (exact) mass is 420 g/mol. The van der Waals surface area contributed by atoms with Crippen LogP contribution in [0.3, 0.4) is 0 Å². The molecule has 1 aromatic rings. The Bertz CT molecular complexity index is 771. The van der Waals surface area contributed by atoms with E-state index in [-0.39, 0.29) is 17.6 Å². The fourth-order valence-corrected chi connectivity index (χ4v) is 6.30. The number of hydrogen-bond acceptors (Lipinski definition) is 3. The lowest BCUT2D eigenvalue weighted by atomic mass is 9.92. The minimum absolute atomic E-state index is 0.0336. The molecule has 3 rings (SSSR count). The largest absolute Gasteiger partial charge is 0.339 e. The average molecular weight is 421 g/mol. The zero-order valence-corrected chi connectivity index (χ0v) is 18.9. The van der Waals surface area contributed by atoms with Crippen molar-refractivity contribution in [2.24, 2.45) is 17.8 Å². The van der Waals surface area contributed by atoms with Crippen LogP contribution in [0.5, 0.6) is 0 Å². The molecule has 0 saturated carbocycles. The van der Waals surface area contributed by atoms with Gasteiger partial charge in [-0.05, 0) is 49.5 Å². The van der Waals surface area contributed by atoms with Crippen molar-refractivity contribution >= 4 is 15.9 Å². The van der Waals surface area contributed by atoms with Crippen molar-refractivity contribution in [1.29, 1.82) is 0 Å². The molecule has 2 unspecified atom stereocenters. The number of hydrogen-bond donors (Lipinski definition) is 0. The maximum Gasteiger partial charge on any atom is 0.226 e. The molecule has 0 aromatic heterocycles. The predicted octanol–water partition coefficient (Wildman–Crippen LogP) is 3.90. The zero-order valence-electron chi connectivity index (χ0n) is 18.1. The number of likely N-dealkylation sites (tertiary alicyclic amines) is 1. The molecule has 5 nitrogen and oxygen atoms in total. The highest BCUT2D eigenvalue weighted by atomic mass is 32.2. The molecule has 2 atom stereocenters. The smallest absolute Gasteiger partial charge is 0.226 e. The van der Waals surface area contributed by atoms with Gasteiger partial charge in [0.1, 0.15) is 0 Å². The molecule has 0 aliphatic carbocycles. The second-order valence-corrected chi connectivity index (χ2v) is 11.2. The predicted molar refractivity (Wildman–Crippen MR) is 117 cm³/mol. The van der Waals surface area contributed by atoms with Gasteiger partial charge in [0.05, 0.1) is 5.75 Å². The molecule has 0 spiro atoms. The quantitative estimate of drug-likeness (QED) is 0.726. The van der Waals surface area contributed by atoms with E-state index in [0.29, 0.717) is 43.8 Å². The van der Waals surface area contributed by atoms with Gasteiger partial charge >= 0.3 is 0 Å². The molecule has 2 heterocycles. The number of amides is 1. The van der Waals surface area contributed by atoms with Crippen LogP contribution < -0.4 is 0 Å². The van der Waals surface area contributed by atoms with Gasteiger partial charge < -0.3 is 4.90 Å². The van der Waals surface area contributed by atoms with Crippen molar-refractivity contribution in [2.45, 2.75) is 64.7 Å².